The molecular formula is C31H43N2NaO5. The maximum atomic E-state index is 11.8. The smallest absolute Gasteiger partial charge is 0.550 e. The van der Waals surface area contributed by atoms with E-state index in [0.717, 1.165) is 73.9 Å². The first kappa shape index (κ1) is 36.4. The maximum Gasteiger partial charge on any atom is 1.00 e. The van der Waals surface area contributed by atoms with Gasteiger partial charge in [0, 0.05) is 5.97 Å². The molecule has 8 heteroatoms. The van der Waals surface area contributed by atoms with Crippen molar-refractivity contribution < 1.29 is 54.2 Å². The van der Waals surface area contributed by atoms with Crippen LogP contribution in [0.2, 0.25) is 0 Å². The van der Waals surface area contributed by atoms with Crippen LogP contribution in [0.15, 0.2) is 48.5 Å². The summed E-state index contributed by atoms with van der Waals surface area (Å²) in [6.45, 7) is 8.02. The number of benzene rings is 2. The number of carbonyl (C=O) groups is 3. The molecule has 0 saturated heterocycles. The number of carbonyl (C=O) groups excluding carboxylic acids is 2. The first-order valence-electron chi connectivity index (χ1n) is 13.6. The van der Waals surface area contributed by atoms with Gasteiger partial charge < -0.3 is 20.7 Å². The Hall–Kier alpha value is -2.61. The molecule has 2 amide bonds. The molecule has 0 radical (unpaired) electrons. The quantitative estimate of drug-likeness (QED) is 0.441. The molecule has 0 unspecified atom stereocenters. The molecule has 3 N–H and O–H groups in total. The maximum absolute atomic E-state index is 11.8. The van der Waals surface area contributed by atoms with Crippen LogP contribution in [0.5, 0.6) is 0 Å². The second-order valence-electron chi connectivity index (χ2n) is 9.33. The number of nitrogens with zero attached hydrogens (tertiary/aromatic N) is 1. The molecule has 208 valence electrons. The van der Waals surface area contributed by atoms with Gasteiger partial charge >= 0.3 is 41.6 Å². The third-order valence-corrected chi connectivity index (χ3v) is 6.25. The Morgan fingerprint density at radius 2 is 1.10 bits per heavy atom. The average molecular weight is 547 g/mol. The van der Waals surface area contributed by atoms with Crippen LogP contribution < -0.4 is 45.3 Å². The van der Waals surface area contributed by atoms with Gasteiger partial charge in [0.1, 0.15) is 0 Å². The molecule has 1 heterocycles. The average Bonchev–Trinajstić information content (AvgIpc) is 3.06. The predicted octanol–water partition coefficient (Wildman–Crippen LogP) is 3.63. The molecule has 1 aliphatic heterocycles. The number of nitrogens with two attached hydrogens (primary N) is 1. The van der Waals surface area contributed by atoms with Gasteiger partial charge in [0.25, 0.3) is 0 Å². The Kier molecular flexibility index (Phi) is 19.0. The summed E-state index contributed by atoms with van der Waals surface area (Å²) in [5, 5.41) is 19.0. The van der Waals surface area contributed by atoms with E-state index in [2.05, 4.69) is 0 Å². The molecule has 2 aromatic carbocycles. The number of primary amides is 1. The van der Waals surface area contributed by atoms with Gasteiger partial charge in [-0.2, -0.15) is 0 Å². The molecule has 0 aliphatic carbocycles. The van der Waals surface area contributed by atoms with Crippen molar-refractivity contribution in [1.29, 1.82) is 0 Å². The summed E-state index contributed by atoms with van der Waals surface area (Å²) < 4.78 is 0. The number of fused-ring (bicyclic) bond motifs is 2. The van der Waals surface area contributed by atoms with E-state index < -0.39 is 18.0 Å². The van der Waals surface area contributed by atoms with Crippen molar-refractivity contribution in [3.63, 3.8) is 0 Å². The minimum Gasteiger partial charge on any atom is -0.550 e. The molecule has 0 atom stereocenters. The number of carboxylic acids is 2. The van der Waals surface area contributed by atoms with Crippen LogP contribution in [0.1, 0.15) is 90.2 Å². The zero-order valence-electron chi connectivity index (χ0n) is 24.2. The zero-order valence-corrected chi connectivity index (χ0v) is 26.2. The third kappa shape index (κ3) is 12.4. The first-order chi connectivity index (χ1) is 18.2. The number of aliphatic carboxylic acids is 2. The second-order valence-corrected chi connectivity index (χ2v) is 9.33. The topological polar surface area (TPSA) is 124 Å². The van der Waals surface area contributed by atoms with E-state index in [1.54, 1.807) is 4.90 Å². The number of urea groups is 1. The molecule has 39 heavy (non-hydrogen) atoms. The fraction of sp³-hybridized carbons (Fsp3) is 0.452. The van der Waals surface area contributed by atoms with Crippen molar-refractivity contribution in [3.8, 4) is 0 Å². The Morgan fingerprint density at radius 1 is 0.744 bits per heavy atom. The van der Waals surface area contributed by atoms with Crippen molar-refractivity contribution in [2.75, 3.05) is 4.90 Å². The summed E-state index contributed by atoms with van der Waals surface area (Å²) in [6, 6.07) is 14.9. The van der Waals surface area contributed by atoms with Crippen LogP contribution in [0.3, 0.4) is 0 Å². The van der Waals surface area contributed by atoms with Gasteiger partial charge in [-0.1, -0.05) is 102 Å². The molecule has 1 aliphatic rings. The monoisotopic (exact) mass is 546 g/mol. The van der Waals surface area contributed by atoms with E-state index in [1.807, 2.05) is 88.4 Å². The van der Waals surface area contributed by atoms with Crippen LogP contribution >= 0.6 is 0 Å². The number of para-hydroxylation sites is 2. The Bertz CT molecular complexity index is 969. The molecule has 3 rings (SSSR count). The number of rotatable bonds is 10. The van der Waals surface area contributed by atoms with Crippen molar-refractivity contribution in [1.82, 2.24) is 0 Å². The van der Waals surface area contributed by atoms with Gasteiger partial charge in [-0.3, -0.25) is 9.69 Å². The fourth-order valence-corrected chi connectivity index (χ4v) is 4.38. The van der Waals surface area contributed by atoms with E-state index in [4.69, 9.17) is 10.8 Å². The Balaban J connectivity index is 0.000000598. The van der Waals surface area contributed by atoms with Crippen LogP contribution in [-0.4, -0.2) is 23.1 Å². The Labute approximate surface area is 255 Å². The first-order valence-corrected chi connectivity index (χ1v) is 13.6. The zero-order chi connectivity index (χ0) is 28.5. The summed E-state index contributed by atoms with van der Waals surface area (Å²) in [5.74, 6) is -1.84. The fourth-order valence-electron chi connectivity index (χ4n) is 4.38. The number of amides is 2. The largest absolute Gasteiger partial charge is 1.00 e. The predicted molar refractivity (Wildman–Crippen MR) is 153 cm³/mol. The van der Waals surface area contributed by atoms with Gasteiger partial charge in [-0.05, 0) is 54.9 Å². The normalized spacial score (nSPS) is 11.1. The SMILES string of the molecule is CCCC(CCC)C(=O)O.CCCC(CCC)C(=O)[O-].NC(=O)N1c2ccccc2C=Cc2ccccc21.[Na+]. The molecule has 0 saturated carbocycles. The van der Waals surface area contributed by atoms with Gasteiger partial charge in [-0.25, -0.2) is 4.79 Å². The summed E-state index contributed by atoms with van der Waals surface area (Å²) >= 11 is 0. The van der Waals surface area contributed by atoms with Gasteiger partial charge in [0.15, 0.2) is 0 Å². The molecule has 0 bridgehead atoms. The number of hydrogen-bond acceptors (Lipinski definition) is 4. The van der Waals surface area contributed by atoms with Crippen molar-refractivity contribution in [2.24, 2.45) is 17.6 Å². The van der Waals surface area contributed by atoms with Crippen molar-refractivity contribution in [3.05, 3.63) is 59.7 Å². The van der Waals surface area contributed by atoms with Gasteiger partial charge in [-0.15, -0.1) is 0 Å². The minimum absolute atomic E-state index is 0. The summed E-state index contributed by atoms with van der Waals surface area (Å²) in [6.07, 6.45) is 11.0. The summed E-state index contributed by atoms with van der Waals surface area (Å²) in [5.41, 5.74) is 9.11. The van der Waals surface area contributed by atoms with Gasteiger partial charge in [0.2, 0.25) is 0 Å². The number of anilines is 2. The summed E-state index contributed by atoms with van der Waals surface area (Å²) in [4.78, 5) is 34.1. The van der Waals surface area contributed by atoms with E-state index >= 15 is 0 Å². The molecule has 0 aromatic heterocycles. The minimum atomic E-state index is -0.885. The molecular weight excluding hydrogens is 503 g/mol. The third-order valence-electron chi connectivity index (χ3n) is 6.25. The van der Waals surface area contributed by atoms with Crippen molar-refractivity contribution >= 4 is 41.5 Å². The van der Waals surface area contributed by atoms with E-state index in [-0.39, 0.29) is 41.4 Å². The molecule has 0 fully saturated rings. The van der Waals surface area contributed by atoms with E-state index in [0.29, 0.717) is 0 Å². The second kappa shape index (κ2) is 20.3. The van der Waals surface area contributed by atoms with Crippen molar-refractivity contribution in [2.45, 2.75) is 79.1 Å². The Morgan fingerprint density at radius 3 is 1.41 bits per heavy atom. The molecule has 7 nitrogen and oxygen atoms in total. The summed E-state index contributed by atoms with van der Waals surface area (Å²) in [7, 11) is 0. The van der Waals surface area contributed by atoms with E-state index in [1.165, 1.54) is 0 Å². The van der Waals surface area contributed by atoms with Crippen LogP contribution in [0.25, 0.3) is 12.2 Å². The molecule has 2 aromatic rings. The number of carboxylic acid groups (broad SMARTS) is 2. The van der Waals surface area contributed by atoms with Gasteiger partial charge in [0.05, 0.1) is 17.3 Å². The standard InChI is InChI=1S/C15H12N2O.2C8H16O2.Na/c16-15(18)17-13-7-3-1-5-11(13)9-10-12-6-2-4-8-14(12)17;2*1-3-5-7(6-4-2)8(9)10;/h1-10H,(H2,16,18);2*7H,3-6H2,1-2H3,(H,9,10);/q;;;+1/p-1. The number of hydrogen-bond donors (Lipinski definition) is 2. The van der Waals surface area contributed by atoms with E-state index in [9.17, 15) is 19.5 Å². The van der Waals surface area contributed by atoms with Crippen LogP contribution in [0, 0.1) is 11.8 Å². The molecule has 0 spiro atoms. The van der Waals surface area contributed by atoms with Crippen LogP contribution in [-0.2, 0) is 9.59 Å². The van der Waals surface area contributed by atoms with Crippen LogP contribution in [0.4, 0.5) is 16.2 Å².